The van der Waals surface area contributed by atoms with Crippen molar-refractivity contribution in [3.05, 3.63) is 100 Å². The average Bonchev–Trinajstić information content (AvgIpc) is 2.94. The van der Waals surface area contributed by atoms with Crippen LogP contribution in [-0.2, 0) is 38.0 Å². The van der Waals surface area contributed by atoms with E-state index in [-0.39, 0.29) is 17.9 Å². The molecule has 3 rings (SSSR count). The topological polar surface area (TPSA) is 86.8 Å². The molecule has 0 aromatic heterocycles. The first kappa shape index (κ1) is 33.3. The van der Waals surface area contributed by atoms with Gasteiger partial charge >= 0.3 is 0 Å². The lowest BCUT2D eigenvalue weighted by molar-refractivity contribution is -0.140. The molecule has 0 radical (unpaired) electrons. The average molecular weight is 657 g/mol. The van der Waals surface area contributed by atoms with Crippen LogP contribution in [-0.4, -0.2) is 50.5 Å². The smallest absolute Gasteiger partial charge is 0.244 e. The highest BCUT2D eigenvalue weighted by Crippen LogP contribution is 2.26. The van der Waals surface area contributed by atoms with Gasteiger partial charge in [0.2, 0.25) is 21.8 Å². The Hall–Kier alpha value is -3.17. The van der Waals surface area contributed by atoms with Crippen molar-refractivity contribution >= 4 is 43.5 Å². The van der Waals surface area contributed by atoms with Crippen LogP contribution in [0.4, 0.5) is 5.69 Å². The number of halogens is 1. The largest absolute Gasteiger partial charge is 0.354 e. The molecule has 226 valence electrons. The minimum Gasteiger partial charge on any atom is -0.354 e. The van der Waals surface area contributed by atoms with E-state index in [1.165, 1.54) is 4.90 Å². The second kappa shape index (κ2) is 14.8. The van der Waals surface area contributed by atoms with Gasteiger partial charge in [-0.25, -0.2) is 8.42 Å². The number of nitrogens with one attached hydrogen (secondary N) is 1. The Bertz CT molecular complexity index is 1420. The zero-order valence-corrected chi connectivity index (χ0v) is 27.5. The molecule has 0 spiro atoms. The fourth-order valence-corrected chi connectivity index (χ4v) is 5.70. The van der Waals surface area contributed by atoms with Crippen LogP contribution in [0.15, 0.2) is 83.3 Å². The molecule has 7 nitrogen and oxygen atoms in total. The third kappa shape index (κ3) is 9.70. The lowest BCUT2D eigenvalue weighted by Gasteiger charge is -2.33. The molecular formula is C33H42BrN3O4S. The minimum absolute atomic E-state index is 0.110. The number of sulfonamides is 1. The van der Waals surface area contributed by atoms with Crippen LogP contribution in [0.25, 0.3) is 0 Å². The summed E-state index contributed by atoms with van der Waals surface area (Å²) in [4.78, 5) is 29.3. The number of carbonyl (C=O) groups excluding carboxylic acids is 2. The molecule has 0 bridgehead atoms. The first-order chi connectivity index (χ1) is 19.8. The predicted molar refractivity (Wildman–Crippen MR) is 174 cm³/mol. The maximum Gasteiger partial charge on any atom is 0.244 e. The summed E-state index contributed by atoms with van der Waals surface area (Å²) in [7, 11) is -3.82. The number of amides is 2. The number of hydrogen-bond acceptors (Lipinski definition) is 4. The molecule has 1 N–H and O–H groups in total. The van der Waals surface area contributed by atoms with Gasteiger partial charge < -0.3 is 10.2 Å². The molecule has 2 amide bonds. The van der Waals surface area contributed by atoms with Crippen LogP contribution >= 0.6 is 15.9 Å². The van der Waals surface area contributed by atoms with Crippen molar-refractivity contribution in [3.63, 3.8) is 0 Å². The normalized spacial score (nSPS) is 12.4. The van der Waals surface area contributed by atoms with Gasteiger partial charge in [0.15, 0.2) is 0 Å². The molecule has 0 fully saturated rings. The fourth-order valence-electron chi connectivity index (χ4n) is 4.59. The highest BCUT2D eigenvalue weighted by atomic mass is 79.9. The SMILES string of the molecule is CCCCNC(=O)[C@H](Cc1ccccc1)N(Cc1ccc(Br)cc1)C(=O)CN(c1ccc(C(C)(C)C)cc1)S(C)(=O)=O. The third-order valence-corrected chi connectivity index (χ3v) is 8.74. The van der Waals surface area contributed by atoms with Crippen LogP contribution in [0.1, 0.15) is 57.2 Å². The number of nitrogens with zero attached hydrogens (tertiary/aromatic N) is 2. The molecule has 0 aliphatic rings. The molecule has 1 atom stereocenters. The summed E-state index contributed by atoms with van der Waals surface area (Å²) in [5.74, 6) is -0.729. The number of anilines is 1. The van der Waals surface area contributed by atoms with Gasteiger partial charge in [0.1, 0.15) is 12.6 Å². The summed E-state index contributed by atoms with van der Waals surface area (Å²) in [6.45, 7) is 8.50. The van der Waals surface area contributed by atoms with Crippen molar-refractivity contribution in [1.82, 2.24) is 10.2 Å². The number of carbonyl (C=O) groups is 2. The molecule has 0 saturated carbocycles. The van der Waals surface area contributed by atoms with Crippen molar-refractivity contribution in [1.29, 1.82) is 0 Å². The lowest BCUT2D eigenvalue weighted by atomic mass is 9.87. The van der Waals surface area contributed by atoms with Crippen molar-refractivity contribution in [2.45, 2.75) is 65.0 Å². The Morgan fingerprint density at radius 1 is 0.905 bits per heavy atom. The van der Waals surface area contributed by atoms with Crippen LogP contribution in [0.3, 0.4) is 0 Å². The van der Waals surface area contributed by atoms with E-state index >= 15 is 0 Å². The lowest BCUT2D eigenvalue weighted by Crippen LogP contribution is -2.53. The van der Waals surface area contributed by atoms with E-state index in [0.29, 0.717) is 18.7 Å². The molecule has 3 aromatic carbocycles. The van der Waals surface area contributed by atoms with Gasteiger partial charge in [-0.3, -0.25) is 13.9 Å². The van der Waals surface area contributed by atoms with E-state index in [2.05, 4.69) is 42.0 Å². The Morgan fingerprint density at radius 3 is 2.07 bits per heavy atom. The van der Waals surface area contributed by atoms with Crippen LogP contribution < -0.4 is 9.62 Å². The maximum atomic E-state index is 14.2. The summed E-state index contributed by atoms with van der Waals surface area (Å²) in [5.41, 5.74) is 3.07. The summed E-state index contributed by atoms with van der Waals surface area (Å²) in [6.07, 6.45) is 3.12. The number of unbranched alkanes of at least 4 members (excludes halogenated alkanes) is 1. The van der Waals surface area contributed by atoms with E-state index in [1.54, 1.807) is 12.1 Å². The van der Waals surface area contributed by atoms with Gasteiger partial charge in [-0.15, -0.1) is 0 Å². The molecule has 42 heavy (non-hydrogen) atoms. The van der Waals surface area contributed by atoms with Crippen molar-refractivity contribution < 1.29 is 18.0 Å². The molecule has 0 heterocycles. The van der Waals surface area contributed by atoms with Crippen molar-refractivity contribution in [3.8, 4) is 0 Å². The highest BCUT2D eigenvalue weighted by Gasteiger charge is 2.33. The first-order valence-corrected chi connectivity index (χ1v) is 16.9. The predicted octanol–water partition coefficient (Wildman–Crippen LogP) is 6.07. The van der Waals surface area contributed by atoms with Crippen LogP contribution in [0, 0.1) is 0 Å². The van der Waals surface area contributed by atoms with Crippen molar-refractivity contribution in [2.75, 3.05) is 23.7 Å². The standard InChI is InChI=1S/C33H42BrN3O4S/c1-6-7-21-35-32(39)30(22-25-11-9-8-10-12-25)36(23-26-13-17-28(34)18-14-26)31(38)24-37(42(5,40)41)29-19-15-27(16-20-29)33(2,3)4/h8-20,30H,6-7,21-24H2,1-5H3,(H,35,39)/t30-/m0/s1. The van der Waals surface area contributed by atoms with Gasteiger partial charge in [0.25, 0.3) is 0 Å². The number of rotatable bonds is 13. The molecule has 0 aliphatic heterocycles. The second-order valence-electron chi connectivity index (χ2n) is 11.6. The van der Waals surface area contributed by atoms with E-state index in [9.17, 15) is 18.0 Å². The van der Waals surface area contributed by atoms with Crippen LogP contribution in [0.5, 0.6) is 0 Å². The molecule has 0 unspecified atom stereocenters. The summed E-state index contributed by atoms with van der Waals surface area (Å²) in [6, 6.07) is 23.5. The quantitative estimate of drug-likeness (QED) is 0.227. The highest BCUT2D eigenvalue weighted by molar-refractivity contribution is 9.10. The molecule has 0 aliphatic carbocycles. The third-order valence-electron chi connectivity index (χ3n) is 7.07. The van der Waals surface area contributed by atoms with E-state index in [1.807, 2.05) is 73.7 Å². The minimum atomic E-state index is -3.82. The summed E-state index contributed by atoms with van der Waals surface area (Å²) < 4.78 is 28.0. The molecule has 9 heteroatoms. The van der Waals surface area contributed by atoms with Gasteiger partial charge in [0, 0.05) is 24.0 Å². The van der Waals surface area contributed by atoms with E-state index in [4.69, 9.17) is 0 Å². The fraction of sp³-hybridized carbons (Fsp3) is 0.394. The van der Waals surface area contributed by atoms with E-state index in [0.717, 1.165) is 44.6 Å². The molecule has 3 aromatic rings. The Morgan fingerprint density at radius 2 is 1.52 bits per heavy atom. The Kier molecular flexibility index (Phi) is 11.8. The van der Waals surface area contributed by atoms with E-state index < -0.39 is 28.5 Å². The van der Waals surface area contributed by atoms with Gasteiger partial charge in [-0.1, -0.05) is 105 Å². The Labute approximate surface area is 259 Å². The monoisotopic (exact) mass is 655 g/mol. The van der Waals surface area contributed by atoms with Gasteiger partial charge in [-0.2, -0.15) is 0 Å². The molecule has 0 saturated heterocycles. The number of hydrogen-bond donors (Lipinski definition) is 1. The zero-order chi connectivity index (χ0) is 30.9. The van der Waals surface area contributed by atoms with Crippen LogP contribution in [0.2, 0.25) is 0 Å². The van der Waals surface area contributed by atoms with Gasteiger partial charge in [0.05, 0.1) is 11.9 Å². The first-order valence-electron chi connectivity index (χ1n) is 14.2. The second-order valence-corrected chi connectivity index (χ2v) is 14.4. The summed E-state index contributed by atoms with van der Waals surface area (Å²) in [5, 5.41) is 3.00. The Balaban J connectivity index is 2.02. The summed E-state index contributed by atoms with van der Waals surface area (Å²) >= 11 is 3.45. The maximum absolute atomic E-state index is 14.2. The van der Waals surface area contributed by atoms with Crippen molar-refractivity contribution in [2.24, 2.45) is 0 Å². The number of benzene rings is 3. The van der Waals surface area contributed by atoms with Gasteiger partial charge in [-0.05, 0) is 52.8 Å². The molecular weight excluding hydrogens is 614 g/mol. The zero-order valence-electron chi connectivity index (χ0n) is 25.1.